The molecule has 2 saturated heterocycles. The Kier molecular flexibility index (Phi) is 5.72. The molecule has 1 aromatic heterocycles. The number of amides is 1. The summed E-state index contributed by atoms with van der Waals surface area (Å²) in [6.07, 6.45) is 5.50. The Bertz CT molecular complexity index is 842. The number of anilines is 2. The molecule has 2 aromatic rings. The van der Waals surface area contributed by atoms with Crippen molar-refractivity contribution < 1.29 is 4.79 Å². The molecular weight excluding hydrogens is 362 g/mol. The topological polar surface area (TPSA) is 74.5 Å². The fraction of sp³-hybridized carbons (Fsp3) is 0.478. The molecule has 2 fully saturated rings. The van der Waals surface area contributed by atoms with Gasteiger partial charge in [0.2, 0.25) is 0 Å². The molecule has 2 unspecified atom stereocenters. The highest BCUT2D eigenvalue weighted by atomic mass is 16.1. The van der Waals surface area contributed by atoms with Crippen LogP contribution in [-0.2, 0) is 0 Å². The van der Waals surface area contributed by atoms with E-state index in [4.69, 9.17) is 5.73 Å². The maximum atomic E-state index is 12.5. The monoisotopic (exact) mass is 393 g/mol. The van der Waals surface area contributed by atoms with Crippen molar-refractivity contribution in [2.24, 2.45) is 11.1 Å². The fourth-order valence-electron chi connectivity index (χ4n) is 4.63. The van der Waals surface area contributed by atoms with Gasteiger partial charge in [0.1, 0.15) is 5.82 Å². The molecule has 3 heterocycles. The van der Waals surface area contributed by atoms with Gasteiger partial charge in [0.25, 0.3) is 5.91 Å². The summed E-state index contributed by atoms with van der Waals surface area (Å²) in [5.74, 6) is 0.761. The molecule has 2 atom stereocenters. The average Bonchev–Trinajstić information content (AvgIpc) is 3.36. The van der Waals surface area contributed by atoms with E-state index in [0.29, 0.717) is 11.0 Å². The van der Waals surface area contributed by atoms with Crippen LogP contribution >= 0.6 is 0 Å². The number of nitrogens with zero attached hydrogens (tertiary/aromatic N) is 3. The number of carbonyl (C=O) groups excluding carboxylic acids is 1. The first-order chi connectivity index (χ1) is 14.1. The minimum absolute atomic E-state index is 0.125. The maximum Gasteiger partial charge on any atom is 0.252 e. The van der Waals surface area contributed by atoms with Crippen molar-refractivity contribution in [3.8, 4) is 0 Å². The molecule has 2 aliphatic heterocycles. The molecule has 6 nitrogen and oxygen atoms in total. The predicted molar refractivity (Wildman–Crippen MR) is 117 cm³/mol. The molecule has 2 aliphatic rings. The number of hydrogen-bond acceptors (Lipinski definition) is 5. The Morgan fingerprint density at radius 3 is 2.66 bits per heavy atom. The Hall–Kier alpha value is -2.60. The first-order valence-electron chi connectivity index (χ1n) is 10.7. The molecule has 0 saturated carbocycles. The lowest BCUT2D eigenvalue weighted by Crippen LogP contribution is -2.41. The summed E-state index contributed by atoms with van der Waals surface area (Å²) in [5.41, 5.74) is 8.20. The minimum atomic E-state index is -0.304. The maximum absolute atomic E-state index is 12.5. The lowest BCUT2D eigenvalue weighted by atomic mass is 9.86. The quantitative estimate of drug-likeness (QED) is 0.738. The summed E-state index contributed by atoms with van der Waals surface area (Å²) < 4.78 is 0. The Labute approximate surface area is 173 Å². The van der Waals surface area contributed by atoms with Crippen molar-refractivity contribution in [3.63, 3.8) is 0 Å². The van der Waals surface area contributed by atoms with Crippen LogP contribution < -0.4 is 20.9 Å². The van der Waals surface area contributed by atoms with Gasteiger partial charge in [0.05, 0.1) is 6.17 Å². The van der Waals surface area contributed by atoms with E-state index in [-0.39, 0.29) is 12.1 Å². The molecule has 1 spiro atoms. The van der Waals surface area contributed by atoms with E-state index in [0.717, 1.165) is 51.3 Å². The number of carbonyl (C=O) groups is 1. The van der Waals surface area contributed by atoms with Crippen molar-refractivity contribution in [1.29, 1.82) is 0 Å². The van der Waals surface area contributed by atoms with Gasteiger partial charge in [-0.3, -0.25) is 4.79 Å². The molecule has 3 N–H and O–H groups in total. The van der Waals surface area contributed by atoms with E-state index in [2.05, 4.69) is 57.4 Å². The van der Waals surface area contributed by atoms with E-state index < -0.39 is 0 Å². The van der Waals surface area contributed by atoms with Gasteiger partial charge in [-0.1, -0.05) is 31.5 Å². The smallest absolute Gasteiger partial charge is 0.252 e. The molecule has 1 amide bonds. The van der Waals surface area contributed by atoms with Crippen molar-refractivity contribution in [3.05, 3.63) is 54.2 Å². The van der Waals surface area contributed by atoms with Crippen LogP contribution in [0.3, 0.4) is 0 Å². The second-order valence-corrected chi connectivity index (χ2v) is 8.45. The molecule has 0 radical (unpaired) electrons. The summed E-state index contributed by atoms with van der Waals surface area (Å²) in [5, 5.41) is 2.87. The number of pyridine rings is 1. The standard InChI is InChI=1S/C23H31N5O/c1-2-6-20(24)26-22(29)18-9-12-25-21(15-18)28-14-11-23(17-28)10-13-27(16-23)19-7-4-3-5-8-19/h3-5,7-9,12,15,20H,2,6,10-11,13-14,16-17,24H2,1H3,(H,26,29). The van der Waals surface area contributed by atoms with Gasteiger partial charge in [-0.15, -0.1) is 0 Å². The van der Waals surface area contributed by atoms with Crippen LogP contribution in [0.15, 0.2) is 48.7 Å². The highest BCUT2D eigenvalue weighted by Gasteiger charge is 2.43. The number of hydrogen-bond donors (Lipinski definition) is 2. The van der Waals surface area contributed by atoms with Crippen molar-refractivity contribution in [1.82, 2.24) is 10.3 Å². The minimum Gasteiger partial charge on any atom is -0.371 e. The van der Waals surface area contributed by atoms with E-state index in [1.807, 2.05) is 6.07 Å². The van der Waals surface area contributed by atoms with Gasteiger partial charge in [-0.25, -0.2) is 4.98 Å². The van der Waals surface area contributed by atoms with Gasteiger partial charge in [0.15, 0.2) is 0 Å². The number of aromatic nitrogens is 1. The van der Waals surface area contributed by atoms with Gasteiger partial charge < -0.3 is 20.9 Å². The number of nitrogens with two attached hydrogens (primary N) is 1. The third kappa shape index (κ3) is 4.37. The number of nitrogens with one attached hydrogen (secondary N) is 1. The van der Waals surface area contributed by atoms with Crippen LogP contribution in [-0.4, -0.2) is 43.2 Å². The van der Waals surface area contributed by atoms with Crippen molar-refractivity contribution in [2.45, 2.75) is 38.8 Å². The van der Waals surface area contributed by atoms with E-state index in [1.165, 1.54) is 12.1 Å². The van der Waals surface area contributed by atoms with E-state index >= 15 is 0 Å². The summed E-state index contributed by atoms with van der Waals surface area (Å²) >= 11 is 0. The highest BCUT2D eigenvalue weighted by molar-refractivity contribution is 5.95. The van der Waals surface area contributed by atoms with Crippen LogP contribution in [0.25, 0.3) is 0 Å². The highest BCUT2D eigenvalue weighted by Crippen LogP contribution is 2.42. The zero-order valence-corrected chi connectivity index (χ0v) is 17.2. The Morgan fingerprint density at radius 1 is 1.17 bits per heavy atom. The first kappa shape index (κ1) is 19.7. The van der Waals surface area contributed by atoms with E-state index in [1.54, 1.807) is 12.3 Å². The third-order valence-electron chi connectivity index (χ3n) is 6.25. The van der Waals surface area contributed by atoms with E-state index in [9.17, 15) is 4.79 Å². The van der Waals surface area contributed by atoms with Gasteiger partial charge >= 0.3 is 0 Å². The molecule has 6 heteroatoms. The van der Waals surface area contributed by atoms with Crippen LogP contribution in [0.4, 0.5) is 11.5 Å². The summed E-state index contributed by atoms with van der Waals surface area (Å²) in [7, 11) is 0. The second-order valence-electron chi connectivity index (χ2n) is 8.45. The predicted octanol–water partition coefficient (Wildman–Crippen LogP) is 3.00. The number of benzene rings is 1. The zero-order valence-electron chi connectivity index (χ0n) is 17.2. The van der Waals surface area contributed by atoms with Crippen LogP contribution in [0.2, 0.25) is 0 Å². The Morgan fingerprint density at radius 2 is 1.90 bits per heavy atom. The molecule has 0 bridgehead atoms. The van der Waals surface area contributed by atoms with Crippen LogP contribution in [0.1, 0.15) is 43.0 Å². The molecule has 4 rings (SSSR count). The lowest BCUT2D eigenvalue weighted by Gasteiger charge is -2.26. The molecular formula is C23H31N5O. The van der Waals surface area contributed by atoms with Crippen molar-refractivity contribution >= 4 is 17.4 Å². The van der Waals surface area contributed by atoms with Gasteiger partial charge in [0, 0.05) is 49.0 Å². The molecule has 154 valence electrons. The normalized spacial score (nSPS) is 22.3. The average molecular weight is 394 g/mol. The fourth-order valence-corrected chi connectivity index (χ4v) is 4.63. The van der Waals surface area contributed by atoms with Gasteiger partial charge in [-0.2, -0.15) is 0 Å². The summed E-state index contributed by atoms with van der Waals surface area (Å²) in [6, 6.07) is 14.3. The Balaban J connectivity index is 1.41. The number of rotatable bonds is 6. The summed E-state index contributed by atoms with van der Waals surface area (Å²) in [6.45, 7) is 6.21. The second kappa shape index (κ2) is 8.41. The SMILES string of the molecule is CCCC(N)NC(=O)c1ccnc(N2CCC3(CCN(c4ccccc4)C3)C2)c1. The third-order valence-corrected chi connectivity index (χ3v) is 6.25. The zero-order chi connectivity index (χ0) is 20.3. The molecule has 1 aromatic carbocycles. The largest absolute Gasteiger partial charge is 0.371 e. The molecule has 0 aliphatic carbocycles. The van der Waals surface area contributed by atoms with Crippen LogP contribution in [0.5, 0.6) is 0 Å². The van der Waals surface area contributed by atoms with Gasteiger partial charge in [-0.05, 0) is 43.5 Å². The summed E-state index contributed by atoms with van der Waals surface area (Å²) in [4.78, 5) is 21.9. The molecule has 29 heavy (non-hydrogen) atoms. The lowest BCUT2D eigenvalue weighted by molar-refractivity contribution is 0.0936. The van der Waals surface area contributed by atoms with Crippen molar-refractivity contribution in [2.75, 3.05) is 36.0 Å². The van der Waals surface area contributed by atoms with Crippen LogP contribution in [0, 0.1) is 5.41 Å². The first-order valence-corrected chi connectivity index (χ1v) is 10.7. The number of para-hydroxylation sites is 1.